The van der Waals surface area contributed by atoms with Crippen LogP contribution in [-0.2, 0) is 17.7 Å². The van der Waals surface area contributed by atoms with Gasteiger partial charge in [-0.3, -0.25) is 4.98 Å². The number of pyridine rings is 1. The summed E-state index contributed by atoms with van der Waals surface area (Å²) >= 11 is 0. The first kappa shape index (κ1) is 21.7. The summed E-state index contributed by atoms with van der Waals surface area (Å²) in [5, 5.41) is 6.67. The van der Waals surface area contributed by atoms with Gasteiger partial charge in [0.05, 0.1) is 13.2 Å². The molecule has 0 aliphatic rings. The molecule has 28 heavy (non-hydrogen) atoms. The number of aliphatic imine (C=N–C) groups is 1. The quantitative estimate of drug-likeness (QED) is 0.354. The molecule has 1 heterocycles. The van der Waals surface area contributed by atoms with Gasteiger partial charge in [-0.05, 0) is 50.5 Å². The molecule has 0 radical (unpaired) electrons. The van der Waals surface area contributed by atoms with Gasteiger partial charge in [0.1, 0.15) is 12.4 Å². The van der Waals surface area contributed by atoms with Gasteiger partial charge in [0.25, 0.3) is 0 Å². The molecule has 1 aromatic carbocycles. The second-order valence-corrected chi connectivity index (χ2v) is 6.39. The fourth-order valence-corrected chi connectivity index (χ4v) is 2.66. The van der Waals surface area contributed by atoms with Crippen molar-refractivity contribution in [1.29, 1.82) is 0 Å². The Balaban J connectivity index is 1.94. The van der Waals surface area contributed by atoms with E-state index in [1.165, 1.54) is 11.1 Å². The van der Waals surface area contributed by atoms with E-state index in [1.807, 2.05) is 19.2 Å². The molecule has 6 nitrogen and oxygen atoms in total. The Kier molecular flexibility index (Phi) is 9.86. The summed E-state index contributed by atoms with van der Waals surface area (Å²) in [5.74, 6) is 1.67. The molecule has 0 aliphatic carbocycles. The number of rotatable bonds is 11. The summed E-state index contributed by atoms with van der Waals surface area (Å²) in [4.78, 5) is 8.87. The second-order valence-electron chi connectivity index (χ2n) is 6.39. The first-order valence-corrected chi connectivity index (χ1v) is 9.94. The molecule has 152 valence electrons. The van der Waals surface area contributed by atoms with Gasteiger partial charge < -0.3 is 20.1 Å². The molecular formula is C22H32N4O2. The van der Waals surface area contributed by atoms with Crippen LogP contribution < -0.4 is 15.4 Å². The lowest BCUT2D eigenvalue weighted by Gasteiger charge is -2.14. The zero-order valence-electron chi connectivity index (χ0n) is 17.2. The van der Waals surface area contributed by atoms with E-state index < -0.39 is 0 Å². The number of hydrogen-bond donors (Lipinski definition) is 2. The van der Waals surface area contributed by atoms with Crippen LogP contribution in [0.25, 0.3) is 0 Å². The smallest absolute Gasteiger partial charge is 0.191 e. The minimum atomic E-state index is 0.539. The summed E-state index contributed by atoms with van der Waals surface area (Å²) in [6.07, 6.45) is 4.58. The van der Waals surface area contributed by atoms with Crippen molar-refractivity contribution in [3.05, 3.63) is 59.4 Å². The number of aryl methyl sites for hydroxylation is 1. The lowest BCUT2D eigenvalue weighted by Crippen LogP contribution is -2.38. The minimum Gasteiger partial charge on any atom is -0.491 e. The molecule has 6 heteroatoms. The molecule has 1 aromatic heterocycles. The summed E-state index contributed by atoms with van der Waals surface area (Å²) in [5.41, 5.74) is 3.43. The summed E-state index contributed by atoms with van der Waals surface area (Å²) < 4.78 is 11.3. The van der Waals surface area contributed by atoms with Crippen molar-refractivity contribution in [3.8, 4) is 5.75 Å². The lowest BCUT2D eigenvalue weighted by molar-refractivity contribution is 0.110. The van der Waals surface area contributed by atoms with E-state index in [4.69, 9.17) is 14.5 Å². The zero-order valence-corrected chi connectivity index (χ0v) is 17.2. The van der Waals surface area contributed by atoms with E-state index >= 15 is 0 Å². The van der Waals surface area contributed by atoms with E-state index in [1.54, 1.807) is 6.20 Å². The molecule has 0 saturated carbocycles. The average molecular weight is 385 g/mol. The maximum atomic E-state index is 5.91. The SMILES string of the molecule is CCNC(=NCc1ccc(C)cc1OCCOCC)NCCc1cccnc1. The van der Waals surface area contributed by atoms with Crippen molar-refractivity contribution in [2.45, 2.75) is 33.7 Å². The molecule has 0 fully saturated rings. The third-order valence-corrected chi connectivity index (χ3v) is 4.09. The fraction of sp³-hybridized carbons (Fsp3) is 0.455. The highest BCUT2D eigenvalue weighted by atomic mass is 16.5. The van der Waals surface area contributed by atoms with E-state index in [9.17, 15) is 0 Å². The van der Waals surface area contributed by atoms with Crippen LogP contribution >= 0.6 is 0 Å². The molecule has 0 amide bonds. The first-order chi connectivity index (χ1) is 13.7. The van der Waals surface area contributed by atoms with E-state index in [-0.39, 0.29) is 0 Å². The van der Waals surface area contributed by atoms with Crippen molar-refractivity contribution in [3.63, 3.8) is 0 Å². The van der Waals surface area contributed by atoms with Crippen LogP contribution in [0.15, 0.2) is 47.7 Å². The van der Waals surface area contributed by atoms with Crippen LogP contribution in [0.2, 0.25) is 0 Å². The number of nitrogens with one attached hydrogen (secondary N) is 2. The van der Waals surface area contributed by atoms with Gasteiger partial charge in [-0.25, -0.2) is 4.99 Å². The van der Waals surface area contributed by atoms with Crippen molar-refractivity contribution >= 4 is 5.96 Å². The number of ether oxygens (including phenoxy) is 2. The van der Waals surface area contributed by atoms with Gasteiger partial charge in [0.2, 0.25) is 0 Å². The third kappa shape index (κ3) is 7.96. The van der Waals surface area contributed by atoms with E-state index in [0.717, 1.165) is 36.8 Å². The van der Waals surface area contributed by atoms with Gasteiger partial charge in [0, 0.05) is 37.7 Å². The molecule has 2 rings (SSSR count). The molecule has 0 unspecified atom stereocenters. The highest BCUT2D eigenvalue weighted by molar-refractivity contribution is 5.79. The monoisotopic (exact) mass is 384 g/mol. The average Bonchev–Trinajstić information content (AvgIpc) is 2.71. The van der Waals surface area contributed by atoms with Crippen LogP contribution in [0, 0.1) is 6.92 Å². The Bertz CT molecular complexity index is 720. The topological polar surface area (TPSA) is 67.8 Å². The fourth-order valence-electron chi connectivity index (χ4n) is 2.66. The van der Waals surface area contributed by atoms with Crippen molar-refractivity contribution in [2.24, 2.45) is 4.99 Å². The van der Waals surface area contributed by atoms with E-state index in [2.05, 4.69) is 53.7 Å². The van der Waals surface area contributed by atoms with Gasteiger partial charge in [-0.15, -0.1) is 0 Å². The maximum absolute atomic E-state index is 5.91. The van der Waals surface area contributed by atoms with Crippen LogP contribution in [0.4, 0.5) is 0 Å². The van der Waals surface area contributed by atoms with Crippen LogP contribution in [0.5, 0.6) is 5.75 Å². The molecule has 0 atom stereocenters. The Morgan fingerprint density at radius 2 is 2.04 bits per heavy atom. The highest BCUT2D eigenvalue weighted by Crippen LogP contribution is 2.21. The van der Waals surface area contributed by atoms with Crippen LogP contribution in [-0.4, -0.2) is 43.9 Å². The first-order valence-electron chi connectivity index (χ1n) is 9.94. The third-order valence-electron chi connectivity index (χ3n) is 4.09. The van der Waals surface area contributed by atoms with Crippen molar-refractivity contribution in [2.75, 3.05) is 32.9 Å². The Labute approximate surface area is 168 Å². The van der Waals surface area contributed by atoms with Gasteiger partial charge >= 0.3 is 0 Å². The number of benzene rings is 1. The molecule has 0 aliphatic heterocycles. The Morgan fingerprint density at radius 1 is 1.14 bits per heavy atom. The molecule has 0 bridgehead atoms. The molecular weight excluding hydrogens is 352 g/mol. The van der Waals surface area contributed by atoms with Gasteiger partial charge in [-0.1, -0.05) is 18.2 Å². The van der Waals surface area contributed by atoms with Crippen LogP contribution in [0.1, 0.15) is 30.5 Å². The van der Waals surface area contributed by atoms with Gasteiger partial charge in [0.15, 0.2) is 5.96 Å². The standard InChI is InChI=1S/C22H32N4O2/c1-4-24-22(25-12-10-19-7-6-11-23-16-19)26-17-20-9-8-18(3)15-21(20)28-14-13-27-5-2/h6-9,11,15-16H,4-5,10,12-14,17H2,1-3H3,(H2,24,25,26). The predicted octanol–water partition coefficient (Wildman–Crippen LogP) is 3.10. The summed E-state index contributed by atoms with van der Waals surface area (Å²) in [6.45, 7) is 10.1. The minimum absolute atomic E-state index is 0.539. The van der Waals surface area contributed by atoms with Crippen molar-refractivity contribution in [1.82, 2.24) is 15.6 Å². The second kappa shape index (κ2) is 12.7. The molecule has 0 spiro atoms. The normalized spacial score (nSPS) is 11.3. The Hall–Kier alpha value is -2.60. The number of nitrogens with zero attached hydrogens (tertiary/aromatic N) is 2. The highest BCUT2D eigenvalue weighted by Gasteiger charge is 2.05. The summed E-state index contributed by atoms with van der Waals surface area (Å²) in [7, 11) is 0. The Morgan fingerprint density at radius 3 is 2.79 bits per heavy atom. The number of hydrogen-bond acceptors (Lipinski definition) is 4. The largest absolute Gasteiger partial charge is 0.491 e. The summed E-state index contributed by atoms with van der Waals surface area (Å²) in [6, 6.07) is 10.3. The number of guanidine groups is 1. The van der Waals surface area contributed by atoms with Gasteiger partial charge in [-0.2, -0.15) is 0 Å². The molecule has 2 N–H and O–H groups in total. The number of aromatic nitrogens is 1. The van der Waals surface area contributed by atoms with E-state index in [0.29, 0.717) is 26.4 Å². The lowest BCUT2D eigenvalue weighted by atomic mass is 10.1. The zero-order chi connectivity index (χ0) is 20.0. The predicted molar refractivity (Wildman–Crippen MR) is 114 cm³/mol. The maximum Gasteiger partial charge on any atom is 0.191 e. The molecule has 0 saturated heterocycles. The molecule has 2 aromatic rings. The van der Waals surface area contributed by atoms with Crippen LogP contribution in [0.3, 0.4) is 0 Å². The van der Waals surface area contributed by atoms with Crippen molar-refractivity contribution < 1.29 is 9.47 Å².